The van der Waals surface area contributed by atoms with Crippen molar-refractivity contribution in [1.82, 2.24) is 4.98 Å². The predicted molar refractivity (Wildman–Crippen MR) is 158 cm³/mol. The van der Waals surface area contributed by atoms with Crippen molar-refractivity contribution in [3.8, 4) is 16.9 Å². The number of thiophene rings is 1. The highest BCUT2D eigenvalue weighted by Gasteiger charge is 2.35. The second-order valence-electron chi connectivity index (χ2n) is 9.76. The number of nitrogens with zero attached hydrogens (tertiary/aromatic N) is 1. The summed E-state index contributed by atoms with van der Waals surface area (Å²) in [5.41, 5.74) is 5.90. The number of amides is 2. The molecule has 0 radical (unpaired) electrons. The van der Waals surface area contributed by atoms with Crippen LogP contribution >= 0.6 is 11.3 Å². The number of nitrogens with one attached hydrogen (secondary N) is 1. The molecule has 0 fully saturated rings. The largest absolute Gasteiger partial charge is 0.485 e. The van der Waals surface area contributed by atoms with E-state index in [-0.39, 0.29) is 38.7 Å². The van der Waals surface area contributed by atoms with Crippen molar-refractivity contribution in [2.24, 2.45) is 5.73 Å². The number of anilines is 1. The van der Waals surface area contributed by atoms with Gasteiger partial charge in [-0.25, -0.2) is 4.98 Å². The molecule has 3 heterocycles. The van der Waals surface area contributed by atoms with E-state index < -0.39 is 23.7 Å². The third kappa shape index (κ3) is 5.54. The number of nitrogens with two attached hydrogens (primary N) is 1. The summed E-state index contributed by atoms with van der Waals surface area (Å²) in [7, 11) is 0. The summed E-state index contributed by atoms with van der Waals surface area (Å²) < 4.78 is 53.0. The molecule has 11 heteroatoms. The van der Waals surface area contributed by atoms with Gasteiger partial charge in [0.2, 0.25) is 0 Å². The molecule has 0 spiro atoms. The van der Waals surface area contributed by atoms with Gasteiger partial charge in [-0.15, -0.1) is 11.3 Å². The molecule has 2 amide bonds. The Morgan fingerprint density at radius 2 is 1.74 bits per heavy atom. The Hall–Kier alpha value is -5.16. The standard InChI is InChI=1S/C32H22F3N3O4S/c1-17-9-11-19(12-10-17)22-15-25(32(33,34)35)37-31-26(22)27(28(43-31)29(36)39)38-30(40)24-14-13-20(42-24)16-41-23-8-4-6-18-5-2-3-7-21(18)23/h2-15H,16H2,1H3,(H2,36,39)(H,38,40). The highest BCUT2D eigenvalue weighted by atomic mass is 32.1. The van der Waals surface area contributed by atoms with Gasteiger partial charge in [-0.1, -0.05) is 66.2 Å². The summed E-state index contributed by atoms with van der Waals surface area (Å²) in [5.74, 6) is -0.743. The number of primary amides is 1. The molecule has 0 unspecified atom stereocenters. The van der Waals surface area contributed by atoms with Crippen molar-refractivity contribution in [1.29, 1.82) is 0 Å². The number of alkyl halides is 3. The van der Waals surface area contributed by atoms with Crippen LogP contribution in [0.5, 0.6) is 5.75 Å². The molecular formula is C32H22F3N3O4S. The lowest BCUT2D eigenvalue weighted by Crippen LogP contribution is -2.16. The Bertz CT molecular complexity index is 2010. The normalized spacial score (nSPS) is 11.6. The fourth-order valence-corrected chi connectivity index (χ4v) is 5.73. The smallest absolute Gasteiger partial charge is 0.433 e. The number of hydrogen-bond acceptors (Lipinski definition) is 6. The highest BCUT2D eigenvalue weighted by Crippen LogP contribution is 2.44. The topological polar surface area (TPSA) is 107 Å². The number of hydrogen-bond donors (Lipinski definition) is 2. The van der Waals surface area contributed by atoms with Gasteiger partial charge in [0.05, 0.1) is 5.69 Å². The van der Waals surface area contributed by atoms with Crippen molar-refractivity contribution in [2.45, 2.75) is 19.7 Å². The summed E-state index contributed by atoms with van der Waals surface area (Å²) >= 11 is 0.672. The first kappa shape index (κ1) is 28.0. The Morgan fingerprint density at radius 1 is 1.00 bits per heavy atom. The van der Waals surface area contributed by atoms with E-state index in [1.807, 2.05) is 49.4 Å². The van der Waals surface area contributed by atoms with Gasteiger partial charge in [-0.2, -0.15) is 13.2 Å². The number of rotatable bonds is 7. The Balaban J connectivity index is 1.34. The molecule has 3 aromatic carbocycles. The van der Waals surface area contributed by atoms with Gasteiger partial charge in [0, 0.05) is 10.8 Å². The molecule has 0 bridgehead atoms. The summed E-state index contributed by atoms with van der Waals surface area (Å²) in [4.78, 5) is 29.2. The minimum absolute atomic E-state index is 0.0386. The van der Waals surface area contributed by atoms with E-state index >= 15 is 0 Å². The number of furan rings is 1. The van der Waals surface area contributed by atoms with E-state index in [1.54, 1.807) is 30.3 Å². The van der Waals surface area contributed by atoms with Gasteiger partial charge in [0.1, 0.15) is 33.5 Å². The lowest BCUT2D eigenvalue weighted by Gasteiger charge is -2.12. The second-order valence-corrected chi connectivity index (χ2v) is 10.8. The fraction of sp³-hybridized carbons (Fsp3) is 0.0938. The second kappa shape index (κ2) is 10.9. The van der Waals surface area contributed by atoms with Crippen LogP contribution in [0, 0.1) is 6.92 Å². The Labute approximate surface area is 246 Å². The van der Waals surface area contributed by atoms with E-state index in [2.05, 4.69) is 10.3 Å². The number of ether oxygens (including phenoxy) is 1. The van der Waals surface area contributed by atoms with Crippen LogP contribution in [0.15, 0.2) is 89.3 Å². The van der Waals surface area contributed by atoms with Crippen LogP contribution in [0.3, 0.4) is 0 Å². The molecule has 3 N–H and O–H groups in total. The van der Waals surface area contributed by atoms with Gasteiger partial charge in [0.25, 0.3) is 11.8 Å². The number of aromatic nitrogens is 1. The predicted octanol–water partition coefficient (Wildman–Crippen LogP) is 7.97. The van der Waals surface area contributed by atoms with E-state index in [0.717, 1.165) is 22.4 Å². The van der Waals surface area contributed by atoms with Gasteiger partial charge in [-0.05, 0) is 47.7 Å². The van der Waals surface area contributed by atoms with Crippen LogP contribution in [0.2, 0.25) is 0 Å². The fourth-order valence-electron chi connectivity index (χ4n) is 4.72. The van der Waals surface area contributed by atoms with Gasteiger partial charge >= 0.3 is 6.18 Å². The van der Waals surface area contributed by atoms with Crippen LogP contribution in [0.1, 0.15) is 37.2 Å². The third-order valence-corrected chi connectivity index (χ3v) is 7.88. The zero-order chi connectivity index (χ0) is 30.3. The Morgan fingerprint density at radius 3 is 2.49 bits per heavy atom. The van der Waals surface area contributed by atoms with Crippen molar-refractivity contribution < 1.29 is 31.9 Å². The van der Waals surface area contributed by atoms with Crippen LogP contribution < -0.4 is 15.8 Å². The molecule has 6 rings (SSSR count). The summed E-state index contributed by atoms with van der Waals surface area (Å²) in [6.45, 7) is 1.89. The minimum Gasteiger partial charge on any atom is -0.485 e. The van der Waals surface area contributed by atoms with Crippen LogP contribution in [0.4, 0.5) is 18.9 Å². The van der Waals surface area contributed by atoms with Gasteiger partial charge in [-0.3, -0.25) is 9.59 Å². The number of carbonyl (C=O) groups is 2. The van der Waals surface area contributed by atoms with Crippen molar-refractivity contribution in [3.05, 3.63) is 113 Å². The molecule has 0 saturated heterocycles. The lowest BCUT2D eigenvalue weighted by atomic mass is 10.00. The van der Waals surface area contributed by atoms with E-state index in [4.69, 9.17) is 14.9 Å². The SMILES string of the molecule is Cc1ccc(-c2cc(C(F)(F)F)nc3sc(C(N)=O)c(NC(=O)c4ccc(COc5cccc6ccccc56)o4)c23)cc1. The monoisotopic (exact) mass is 601 g/mol. The zero-order valence-corrected chi connectivity index (χ0v) is 23.3. The number of pyridine rings is 1. The number of benzene rings is 3. The molecule has 0 atom stereocenters. The van der Waals surface area contributed by atoms with E-state index in [0.29, 0.717) is 28.4 Å². The Kier molecular flexibility index (Phi) is 7.10. The van der Waals surface area contributed by atoms with Crippen LogP contribution in [0.25, 0.3) is 32.1 Å². The summed E-state index contributed by atoms with van der Waals surface area (Å²) in [6.07, 6.45) is -4.74. The van der Waals surface area contributed by atoms with Crippen molar-refractivity contribution >= 4 is 49.8 Å². The summed E-state index contributed by atoms with van der Waals surface area (Å²) in [5, 5.41) is 4.73. The number of aryl methyl sites for hydroxylation is 1. The minimum atomic E-state index is -4.74. The van der Waals surface area contributed by atoms with E-state index in [1.165, 1.54) is 6.07 Å². The zero-order valence-electron chi connectivity index (χ0n) is 22.5. The maximum Gasteiger partial charge on any atom is 0.433 e. The number of fused-ring (bicyclic) bond motifs is 2. The van der Waals surface area contributed by atoms with Crippen molar-refractivity contribution in [3.63, 3.8) is 0 Å². The van der Waals surface area contributed by atoms with Gasteiger partial charge in [0.15, 0.2) is 5.76 Å². The molecule has 3 aromatic heterocycles. The number of halogens is 3. The summed E-state index contributed by atoms with van der Waals surface area (Å²) in [6, 6.07) is 24.1. The van der Waals surface area contributed by atoms with Crippen LogP contribution in [-0.2, 0) is 12.8 Å². The van der Waals surface area contributed by atoms with Crippen molar-refractivity contribution in [2.75, 3.05) is 5.32 Å². The van der Waals surface area contributed by atoms with Crippen LogP contribution in [-0.4, -0.2) is 16.8 Å². The molecule has 6 aromatic rings. The third-order valence-electron chi connectivity index (χ3n) is 6.78. The van der Waals surface area contributed by atoms with E-state index in [9.17, 15) is 22.8 Å². The quantitative estimate of drug-likeness (QED) is 0.193. The molecule has 0 saturated carbocycles. The molecular weight excluding hydrogens is 579 g/mol. The molecule has 43 heavy (non-hydrogen) atoms. The molecule has 216 valence electrons. The average Bonchev–Trinajstić information content (AvgIpc) is 3.61. The molecule has 0 aliphatic heterocycles. The molecule has 0 aliphatic carbocycles. The molecule has 0 aliphatic rings. The first-order valence-corrected chi connectivity index (χ1v) is 13.8. The first-order valence-electron chi connectivity index (χ1n) is 13.0. The highest BCUT2D eigenvalue weighted by molar-refractivity contribution is 7.21. The first-order chi connectivity index (χ1) is 20.6. The number of carbonyl (C=O) groups excluding carboxylic acids is 2. The lowest BCUT2D eigenvalue weighted by molar-refractivity contribution is -0.140. The maximum absolute atomic E-state index is 13.8. The van der Waals surface area contributed by atoms with Gasteiger partial charge < -0.3 is 20.2 Å². The average molecular weight is 602 g/mol. The molecule has 7 nitrogen and oxygen atoms in total. The maximum atomic E-state index is 13.8.